The van der Waals surface area contributed by atoms with Crippen molar-refractivity contribution < 1.29 is 22.0 Å². The standard InChI is InChI=1S/C13H16F2N2O3S/c1-2-17(9-3-4-9)12(18)7-21(19,20)13-10(14)5-8(16)6-11(13)15/h5-6,9H,2-4,7,16H2,1H3. The van der Waals surface area contributed by atoms with E-state index in [1.165, 1.54) is 4.90 Å². The molecule has 8 heteroatoms. The van der Waals surface area contributed by atoms with Crippen molar-refractivity contribution in [1.82, 2.24) is 4.90 Å². The molecule has 0 unspecified atom stereocenters. The van der Waals surface area contributed by atoms with Gasteiger partial charge in [-0.2, -0.15) is 0 Å². The molecule has 2 rings (SSSR count). The number of nitrogen functional groups attached to an aromatic ring is 1. The minimum atomic E-state index is -4.40. The van der Waals surface area contributed by atoms with Crippen LogP contribution >= 0.6 is 0 Å². The van der Waals surface area contributed by atoms with Gasteiger partial charge in [-0.1, -0.05) is 0 Å². The lowest BCUT2D eigenvalue weighted by molar-refractivity contribution is -0.128. The van der Waals surface area contributed by atoms with Crippen molar-refractivity contribution in [1.29, 1.82) is 0 Å². The van der Waals surface area contributed by atoms with Crippen molar-refractivity contribution >= 4 is 21.4 Å². The van der Waals surface area contributed by atoms with Crippen LogP contribution in [0, 0.1) is 11.6 Å². The molecule has 0 heterocycles. The Labute approximate surface area is 121 Å². The summed E-state index contributed by atoms with van der Waals surface area (Å²) in [5.74, 6) is -4.16. The Hall–Kier alpha value is -1.70. The highest BCUT2D eigenvalue weighted by molar-refractivity contribution is 7.92. The topological polar surface area (TPSA) is 80.5 Å². The fourth-order valence-electron chi connectivity index (χ4n) is 2.22. The molecule has 0 aromatic heterocycles. The smallest absolute Gasteiger partial charge is 0.238 e. The van der Waals surface area contributed by atoms with Crippen molar-refractivity contribution in [3.05, 3.63) is 23.8 Å². The highest BCUT2D eigenvalue weighted by Gasteiger charge is 2.35. The molecular weight excluding hydrogens is 302 g/mol. The van der Waals surface area contributed by atoms with Gasteiger partial charge in [0.25, 0.3) is 0 Å². The van der Waals surface area contributed by atoms with E-state index in [0.717, 1.165) is 25.0 Å². The van der Waals surface area contributed by atoms with Gasteiger partial charge in [-0.25, -0.2) is 17.2 Å². The monoisotopic (exact) mass is 318 g/mol. The van der Waals surface area contributed by atoms with Crippen LogP contribution in [0.25, 0.3) is 0 Å². The largest absolute Gasteiger partial charge is 0.399 e. The van der Waals surface area contributed by atoms with Crippen LogP contribution in [-0.4, -0.2) is 37.6 Å². The quantitative estimate of drug-likeness (QED) is 0.831. The summed E-state index contributed by atoms with van der Waals surface area (Å²) in [7, 11) is -4.40. The number of rotatable bonds is 5. The molecule has 2 N–H and O–H groups in total. The number of hydrogen-bond acceptors (Lipinski definition) is 4. The van der Waals surface area contributed by atoms with Gasteiger partial charge < -0.3 is 10.6 Å². The van der Waals surface area contributed by atoms with Crippen LogP contribution < -0.4 is 5.73 Å². The predicted octanol–water partition coefficient (Wildman–Crippen LogP) is 1.33. The summed E-state index contributed by atoms with van der Waals surface area (Å²) in [4.78, 5) is 12.3. The van der Waals surface area contributed by atoms with E-state index in [2.05, 4.69) is 0 Å². The number of carbonyl (C=O) groups excluding carboxylic acids is 1. The van der Waals surface area contributed by atoms with E-state index >= 15 is 0 Å². The first kappa shape index (κ1) is 15.7. The maximum atomic E-state index is 13.7. The molecule has 0 atom stereocenters. The Morgan fingerprint density at radius 1 is 1.33 bits per heavy atom. The Morgan fingerprint density at radius 3 is 2.29 bits per heavy atom. The average molecular weight is 318 g/mol. The van der Waals surface area contributed by atoms with E-state index in [4.69, 9.17) is 5.73 Å². The summed E-state index contributed by atoms with van der Waals surface area (Å²) in [6.07, 6.45) is 1.65. The third kappa shape index (κ3) is 3.31. The zero-order valence-corrected chi connectivity index (χ0v) is 12.3. The molecule has 0 saturated heterocycles. The van der Waals surface area contributed by atoms with Gasteiger partial charge in [-0.05, 0) is 31.9 Å². The molecule has 116 valence electrons. The third-order valence-electron chi connectivity index (χ3n) is 3.29. The molecule has 1 amide bonds. The molecule has 1 fully saturated rings. The van der Waals surface area contributed by atoms with Gasteiger partial charge in [0, 0.05) is 18.3 Å². The van der Waals surface area contributed by atoms with Gasteiger partial charge in [0.15, 0.2) is 9.84 Å². The van der Waals surface area contributed by atoms with Gasteiger partial charge >= 0.3 is 0 Å². The molecule has 0 radical (unpaired) electrons. The molecule has 1 aliphatic rings. The van der Waals surface area contributed by atoms with E-state index in [0.29, 0.717) is 6.54 Å². The summed E-state index contributed by atoms with van der Waals surface area (Å²) in [5.41, 5.74) is 5.02. The van der Waals surface area contributed by atoms with Crippen LogP contribution in [0.4, 0.5) is 14.5 Å². The second-order valence-electron chi connectivity index (χ2n) is 4.98. The summed E-state index contributed by atoms with van der Waals surface area (Å²) in [5, 5.41) is 0. The fourth-order valence-corrected chi connectivity index (χ4v) is 3.57. The van der Waals surface area contributed by atoms with Crippen LogP contribution in [0.1, 0.15) is 19.8 Å². The number of carbonyl (C=O) groups is 1. The highest BCUT2D eigenvalue weighted by atomic mass is 32.2. The average Bonchev–Trinajstić information content (AvgIpc) is 3.11. The van der Waals surface area contributed by atoms with Crippen LogP contribution in [0.2, 0.25) is 0 Å². The lowest BCUT2D eigenvalue weighted by Crippen LogP contribution is -2.37. The number of nitrogens with zero attached hydrogens (tertiary/aromatic N) is 1. The second kappa shape index (κ2) is 5.59. The summed E-state index contributed by atoms with van der Waals surface area (Å²) in [6.45, 7) is 2.10. The van der Waals surface area contributed by atoms with Crippen molar-refractivity contribution in [3.63, 3.8) is 0 Å². The number of benzene rings is 1. The third-order valence-corrected chi connectivity index (χ3v) is 4.93. The van der Waals surface area contributed by atoms with Crippen molar-refractivity contribution in [2.75, 3.05) is 18.0 Å². The Kier molecular flexibility index (Phi) is 4.18. The van der Waals surface area contributed by atoms with Crippen LogP contribution in [0.5, 0.6) is 0 Å². The van der Waals surface area contributed by atoms with E-state index in [1.54, 1.807) is 6.92 Å². The minimum absolute atomic E-state index is 0.0406. The first-order chi connectivity index (χ1) is 9.76. The van der Waals surface area contributed by atoms with Crippen molar-refractivity contribution in [2.45, 2.75) is 30.7 Å². The number of hydrogen-bond donors (Lipinski definition) is 1. The van der Waals surface area contributed by atoms with E-state index < -0.39 is 38.0 Å². The minimum Gasteiger partial charge on any atom is -0.399 e. The normalized spacial score (nSPS) is 15.0. The Morgan fingerprint density at radius 2 is 1.86 bits per heavy atom. The zero-order valence-electron chi connectivity index (χ0n) is 11.5. The van der Waals surface area contributed by atoms with Gasteiger partial charge in [-0.3, -0.25) is 4.79 Å². The summed E-state index contributed by atoms with van der Waals surface area (Å²) < 4.78 is 51.6. The number of anilines is 1. The molecule has 1 aromatic rings. The van der Waals surface area contributed by atoms with Crippen LogP contribution in [0.15, 0.2) is 17.0 Å². The summed E-state index contributed by atoms with van der Waals surface area (Å²) >= 11 is 0. The first-order valence-corrected chi connectivity index (χ1v) is 8.18. The van der Waals surface area contributed by atoms with E-state index in [-0.39, 0.29) is 11.7 Å². The molecule has 0 aliphatic heterocycles. The van der Waals surface area contributed by atoms with Gasteiger partial charge in [-0.15, -0.1) is 0 Å². The Balaban J connectivity index is 2.28. The molecule has 1 saturated carbocycles. The Bertz CT molecular complexity index is 649. The zero-order chi connectivity index (χ0) is 15.8. The number of sulfone groups is 1. The maximum Gasteiger partial charge on any atom is 0.238 e. The van der Waals surface area contributed by atoms with Gasteiger partial charge in [0.05, 0.1) is 0 Å². The van der Waals surface area contributed by atoms with Crippen molar-refractivity contribution in [2.24, 2.45) is 0 Å². The number of halogens is 2. The summed E-state index contributed by atoms with van der Waals surface area (Å²) in [6, 6.07) is 1.48. The number of nitrogens with two attached hydrogens (primary N) is 1. The molecule has 1 aliphatic carbocycles. The molecule has 0 bridgehead atoms. The molecule has 21 heavy (non-hydrogen) atoms. The number of amides is 1. The van der Waals surface area contributed by atoms with Gasteiger partial charge in [0.1, 0.15) is 22.3 Å². The fraction of sp³-hybridized carbons (Fsp3) is 0.462. The molecule has 5 nitrogen and oxygen atoms in total. The van der Waals surface area contributed by atoms with E-state index in [1.807, 2.05) is 0 Å². The van der Waals surface area contributed by atoms with E-state index in [9.17, 15) is 22.0 Å². The molecule has 0 spiro atoms. The SMILES string of the molecule is CCN(C(=O)CS(=O)(=O)c1c(F)cc(N)cc1F)C1CC1. The second-order valence-corrected chi connectivity index (χ2v) is 6.91. The van der Waals surface area contributed by atoms with Crippen LogP contribution in [-0.2, 0) is 14.6 Å². The maximum absolute atomic E-state index is 13.7. The highest BCUT2D eigenvalue weighted by Crippen LogP contribution is 2.28. The first-order valence-electron chi connectivity index (χ1n) is 6.53. The van der Waals surface area contributed by atoms with Crippen molar-refractivity contribution in [3.8, 4) is 0 Å². The predicted molar refractivity (Wildman–Crippen MR) is 73.2 cm³/mol. The van der Waals surface area contributed by atoms with Gasteiger partial charge in [0.2, 0.25) is 5.91 Å². The molecule has 1 aromatic carbocycles. The lowest BCUT2D eigenvalue weighted by Gasteiger charge is -2.20. The molecular formula is C13H16F2N2O3S. The van der Waals surface area contributed by atoms with Crippen LogP contribution in [0.3, 0.4) is 0 Å². The lowest BCUT2D eigenvalue weighted by atomic mass is 10.3.